The zero-order chi connectivity index (χ0) is 15.6. The van der Waals surface area contributed by atoms with Gasteiger partial charge in [0, 0.05) is 27.8 Å². The van der Waals surface area contributed by atoms with Crippen molar-refractivity contribution in [3.63, 3.8) is 0 Å². The lowest BCUT2D eigenvalue weighted by molar-refractivity contribution is -0.144. The summed E-state index contributed by atoms with van der Waals surface area (Å²) in [5.74, 6) is -0.918. The average molecular weight is 375 g/mol. The molecule has 2 rings (SSSR count). The molecule has 1 aromatic rings. The number of rotatable bonds is 7. The van der Waals surface area contributed by atoms with Crippen LogP contribution in [-0.4, -0.2) is 52.5 Å². The van der Waals surface area contributed by atoms with Crippen LogP contribution in [-0.2, 0) is 16.1 Å². The molecule has 0 radical (unpaired) electrons. The number of amides is 1. The molecule has 1 saturated carbocycles. The van der Waals surface area contributed by atoms with Crippen molar-refractivity contribution in [3.8, 4) is 0 Å². The molecule has 0 bridgehead atoms. The third kappa shape index (κ3) is 4.52. The molecule has 0 saturated heterocycles. The van der Waals surface area contributed by atoms with Crippen molar-refractivity contribution >= 4 is 39.1 Å². The van der Waals surface area contributed by atoms with Crippen molar-refractivity contribution in [2.45, 2.75) is 38.4 Å². The number of carbonyl (C=O) groups excluding carboxylic acids is 1. The average Bonchev–Trinajstić information content (AvgIpc) is 3.18. The minimum absolute atomic E-state index is 0.0421. The number of hydrogen-bond acceptors (Lipinski definition) is 4. The summed E-state index contributed by atoms with van der Waals surface area (Å²) in [4.78, 5) is 28.0. The Bertz CT molecular complexity index is 530. The van der Waals surface area contributed by atoms with Crippen molar-refractivity contribution in [2.24, 2.45) is 0 Å². The summed E-state index contributed by atoms with van der Waals surface area (Å²) in [6.45, 7) is 2.36. The van der Waals surface area contributed by atoms with Gasteiger partial charge in [-0.15, -0.1) is 11.3 Å². The monoisotopic (exact) mass is 374 g/mol. The van der Waals surface area contributed by atoms with E-state index in [-0.39, 0.29) is 18.5 Å². The first-order valence-electron chi connectivity index (χ1n) is 6.84. The molecular weight excluding hydrogens is 356 g/mol. The second-order valence-electron chi connectivity index (χ2n) is 5.40. The number of thiophene rings is 1. The van der Waals surface area contributed by atoms with E-state index in [1.165, 1.54) is 0 Å². The van der Waals surface area contributed by atoms with Gasteiger partial charge in [0.15, 0.2) is 0 Å². The number of carbonyl (C=O) groups is 2. The van der Waals surface area contributed by atoms with E-state index in [0.29, 0.717) is 6.54 Å². The topological polar surface area (TPSA) is 60.9 Å². The van der Waals surface area contributed by atoms with Crippen molar-refractivity contribution in [1.82, 2.24) is 9.80 Å². The van der Waals surface area contributed by atoms with E-state index in [9.17, 15) is 9.59 Å². The van der Waals surface area contributed by atoms with Crippen molar-refractivity contribution in [3.05, 3.63) is 20.8 Å². The van der Waals surface area contributed by atoms with Gasteiger partial charge in [0.05, 0.1) is 13.1 Å². The number of likely N-dealkylation sites (N-methyl/N-ethyl adjacent to an activating group) is 1. The number of carboxylic acids is 1. The molecule has 1 atom stereocenters. The highest BCUT2D eigenvalue weighted by molar-refractivity contribution is 9.10. The smallest absolute Gasteiger partial charge is 0.320 e. The SMILES string of the molecule is CC(C(=O)O)N(CC(=O)N(C)Cc1cc(Br)cs1)C1CC1. The van der Waals surface area contributed by atoms with Gasteiger partial charge in [0.1, 0.15) is 6.04 Å². The van der Waals surface area contributed by atoms with Gasteiger partial charge in [0.2, 0.25) is 5.91 Å². The summed E-state index contributed by atoms with van der Waals surface area (Å²) in [5, 5.41) is 11.1. The highest BCUT2D eigenvalue weighted by Crippen LogP contribution is 2.28. The second-order valence-corrected chi connectivity index (χ2v) is 7.31. The molecule has 7 heteroatoms. The number of halogens is 1. The van der Waals surface area contributed by atoms with E-state index in [2.05, 4.69) is 15.9 Å². The van der Waals surface area contributed by atoms with Gasteiger partial charge in [-0.1, -0.05) is 0 Å². The fraction of sp³-hybridized carbons (Fsp3) is 0.571. The van der Waals surface area contributed by atoms with Crippen LogP contribution in [0.4, 0.5) is 0 Å². The molecule has 1 heterocycles. The Kier molecular flexibility index (Phi) is 5.40. The second kappa shape index (κ2) is 6.89. The van der Waals surface area contributed by atoms with Crippen LogP contribution >= 0.6 is 27.3 Å². The molecular formula is C14H19BrN2O3S. The third-order valence-corrected chi connectivity index (χ3v) is 5.31. The molecule has 1 aliphatic rings. The van der Waals surface area contributed by atoms with E-state index in [4.69, 9.17) is 5.11 Å². The minimum Gasteiger partial charge on any atom is -0.480 e. The van der Waals surface area contributed by atoms with Crippen LogP contribution < -0.4 is 0 Å². The Hall–Kier alpha value is -0.920. The van der Waals surface area contributed by atoms with Gasteiger partial charge in [-0.05, 0) is 41.8 Å². The Labute approximate surface area is 136 Å². The van der Waals surface area contributed by atoms with E-state index in [1.54, 1.807) is 35.1 Å². The molecule has 0 spiro atoms. The quantitative estimate of drug-likeness (QED) is 0.795. The van der Waals surface area contributed by atoms with Crippen LogP contribution in [0.15, 0.2) is 15.9 Å². The van der Waals surface area contributed by atoms with Gasteiger partial charge in [-0.3, -0.25) is 14.5 Å². The van der Waals surface area contributed by atoms with Crippen molar-refractivity contribution in [2.75, 3.05) is 13.6 Å². The zero-order valence-electron chi connectivity index (χ0n) is 12.1. The van der Waals surface area contributed by atoms with Gasteiger partial charge in [-0.25, -0.2) is 0 Å². The zero-order valence-corrected chi connectivity index (χ0v) is 14.5. The lowest BCUT2D eigenvalue weighted by Crippen LogP contribution is -2.46. The molecule has 5 nitrogen and oxygen atoms in total. The lowest BCUT2D eigenvalue weighted by Gasteiger charge is -2.27. The summed E-state index contributed by atoms with van der Waals surface area (Å²) in [6.07, 6.45) is 1.96. The highest BCUT2D eigenvalue weighted by atomic mass is 79.9. The molecule has 1 unspecified atom stereocenters. The van der Waals surface area contributed by atoms with Crippen LogP contribution in [0.5, 0.6) is 0 Å². The van der Waals surface area contributed by atoms with E-state index >= 15 is 0 Å². The summed E-state index contributed by atoms with van der Waals surface area (Å²) < 4.78 is 1.02. The van der Waals surface area contributed by atoms with Gasteiger partial charge < -0.3 is 10.0 Å². The van der Waals surface area contributed by atoms with Crippen molar-refractivity contribution < 1.29 is 14.7 Å². The standard InChI is InChI=1S/C14H19BrN2O3S/c1-9(14(19)20)17(11-3-4-11)7-13(18)16(2)6-12-5-10(15)8-21-12/h5,8-9,11H,3-4,6-7H2,1-2H3,(H,19,20). The Balaban J connectivity index is 1.93. The van der Waals surface area contributed by atoms with E-state index < -0.39 is 12.0 Å². The normalized spacial score (nSPS) is 16.0. The van der Waals surface area contributed by atoms with Crippen LogP contribution in [0.3, 0.4) is 0 Å². The molecule has 1 aromatic heterocycles. The fourth-order valence-corrected chi connectivity index (χ4v) is 3.67. The molecule has 1 aliphatic carbocycles. The molecule has 1 amide bonds. The predicted molar refractivity (Wildman–Crippen MR) is 85.3 cm³/mol. The van der Waals surface area contributed by atoms with Gasteiger partial charge in [0.25, 0.3) is 0 Å². The Morgan fingerprint density at radius 2 is 2.19 bits per heavy atom. The Morgan fingerprint density at radius 1 is 1.52 bits per heavy atom. The number of hydrogen-bond donors (Lipinski definition) is 1. The summed E-state index contributed by atoms with van der Waals surface area (Å²) >= 11 is 4.99. The summed E-state index contributed by atoms with van der Waals surface area (Å²) in [5.41, 5.74) is 0. The van der Waals surface area contributed by atoms with Crippen LogP contribution in [0.25, 0.3) is 0 Å². The maximum Gasteiger partial charge on any atom is 0.320 e. The minimum atomic E-state index is -0.875. The first-order valence-corrected chi connectivity index (χ1v) is 8.51. The van der Waals surface area contributed by atoms with E-state index in [1.807, 2.05) is 11.4 Å². The molecule has 0 aliphatic heterocycles. The van der Waals surface area contributed by atoms with E-state index in [0.717, 1.165) is 22.2 Å². The summed E-state index contributed by atoms with van der Waals surface area (Å²) in [7, 11) is 1.76. The number of carboxylic acid groups (broad SMARTS) is 1. The first kappa shape index (κ1) is 16.5. The number of aliphatic carboxylic acids is 1. The van der Waals surface area contributed by atoms with Crippen LogP contribution in [0.2, 0.25) is 0 Å². The largest absolute Gasteiger partial charge is 0.480 e. The van der Waals surface area contributed by atoms with Crippen LogP contribution in [0, 0.1) is 0 Å². The molecule has 1 fully saturated rings. The van der Waals surface area contributed by atoms with Crippen molar-refractivity contribution in [1.29, 1.82) is 0 Å². The van der Waals surface area contributed by atoms with Gasteiger partial charge >= 0.3 is 5.97 Å². The van der Waals surface area contributed by atoms with Gasteiger partial charge in [-0.2, -0.15) is 0 Å². The highest BCUT2D eigenvalue weighted by Gasteiger charge is 2.36. The maximum atomic E-state index is 12.3. The number of nitrogens with zero attached hydrogens (tertiary/aromatic N) is 2. The molecule has 116 valence electrons. The third-order valence-electron chi connectivity index (χ3n) is 3.63. The maximum absolute atomic E-state index is 12.3. The fourth-order valence-electron chi connectivity index (χ4n) is 2.17. The Morgan fingerprint density at radius 3 is 2.67 bits per heavy atom. The molecule has 0 aromatic carbocycles. The lowest BCUT2D eigenvalue weighted by atomic mass is 10.2. The predicted octanol–water partition coefficient (Wildman–Crippen LogP) is 2.41. The first-order chi connectivity index (χ1) is 9.88. The molecule has 1 N–H and O–H groups in total. The molecule has 21 heavy (non-hydrogen) atoms. The van der Waals surface area contributed by atoms with Crippen LogP contribution in [0.1, 0.15) is 24.6 Å². The summed E-state index contributed by atoms with van der Waals surface area (Å²) in [6, 6.07) is 1.61.